The first-order valence-electron chi connectivity index (χ1n) is 15.5. The first kappa shape index (κ1) is 23.3. The molecule has 6 aliphatic rings. The molecule has 2 aliphatic carbocycles. The Balaban J connectivity index is 1.45. The number of rotatable bonds is 0. The van der Waals surface area contributed by atoms with Crippen molar-refractivity contribution in [2.75, 3.05) is 9.80 Å². The van der Waals surface area contributed by atoms with E-state index in [2.05, 4.69) is 136 Å². The fourth-order valence-electron chi connectivity index (χ4n) is 9.26. The highest BCUT2D eigenvalue weighted by molar-refractivity contribution is 7.00. The second-order valence-corrected chi connectivity index (χ2v) is 14.3. The summed E-state index contributed by atoms with van der Waals surface area (Å²) in [5.41, 5.74) is 22.4. The molecule has 1 atom stereocenters. The molecule has 5 aromatic rings. The maximum absolute atomic E-state index is 2.66. The molecular formula is C39H33BN2. The van der Waals surface area contributed by atoms with Crippen molar-refractivity contribution in [3.05, 3.63) is 124 Å². The van der Waals surface area contributed by atoms with Crippen LogP contribution >= 0.6 is 0 Å². The van der Waals surface area contributed by atoms with Gasteiger partial charge in [-0.1, -0.05) is 94.8 Å². The molecule has 0 saturated carbocycles. The third-order valence-electron chi connectivity index (χ3n) is 11.5. The van der Waals surface area contributed by atoms with E-state index in [-0.39, 0.29) is 17.5 Å². The van der Waals surface area contributed by atoms with Crippen LogP contribution in [-0.2, 0) is 10.8 Å². The first-order valence-corrected chi connectivity index (χ1v) is 15.5. The minimum Gasteiger partial charge on any atom is -0.311 e. The minimum absolute atomic E-state index is 0.126. The number of hydrogen-bond acceptors (Lipinski definition) is 2. The zero-order valence-corrected chi connectivity index (χ0v) is 25.1. The largest absolute Gasteiger partial charge is 0.311 e. The van der Waals surface area contributed by atoms with Gasteiger partial charge in [0.25, 0.3) is 6.71 Å². The van der Waals surface area contributed by atoms with Crippen molar-refractivity contribution in [3.8, 4) is 0 Å². The Morgan fingerprint density at radius 1 is 0.595 bits per heavy atom. The normalized spacial score (nSPS) is 19.7. The van der Waals surface area contributed by atoms with E-state index >= 15 is 0 Å². The van der Waals surface area contributed by atoms with Gasteiger partial charge in [-0.2, -0.15) is 0 Å². The van der Waals surface area contributed by atoms with Crippen LogP contribution in [0.4, 0.5) is 34.1 Å². The van der Waals surface area contributed by atoms with Crippen molar-refractivity contribution in [1.82, 2.24) is 0 Å². The molecule has 0 aromatic heterocycles. The maximum atomic E-state index is 2.66. The number of nitrogens with zero attached hydrogens (tertiary/aromatic N) is 2. The van der Waals surface area contributed by atoms with Gasteiger partial charge in [-0.3, -0.25) is 0 Å². The lowest BCUT2D eigenvalue weighted by Crippen LogP contribution is -2.65. The molecule has 0 N–H and O–H groups in total. The Hall–Kier alpha value is -4.24. The van der Waals surface area contributed by atoms with Gasteiger partial charge in [0.05, 0.1) is 11.4 Å². The molecule has 0 saturated heterocycles. The van der Waals surface area contributed by atoms with Crippen molar-refractivity contribution in [1.29, 1.82) is 0 Å². The molecule has 1 unspecified atom stereocenters. The number of benzene rings is 5. The van der Waals surface area contributed by atoms with Crippen LogP contribution in [0.3, 0.4) is 0 Å². The molecule has 5 aromatic carbocycles. The Kier molecular flexibility index (Phi) is 3.91. The van der Waals surface area contributed by atoms with Gasteiger partial charge in [0.15, 0.2) is 0 Å². The van der Waals surface area contributed by atoms with Crippen LogP contribution in [-0.4, -0.2) is 6.71 Å². The smallest absolute Gasteiger partial charge is 0.252 e. The highest BCUT2D eigenvalue weighted by Gasteiger charge is 2.54. The summed E-state index contributed by atoms with van der Waals surface area (Å²) in [5.74, 6) is 0.490. The second-order valence-electron chi connectivity index (χ2n) is 14.3. The summed E-state index contributed by atoms with van der Waals surface area (Å²) in [6.45, 7) is 14.6. The van der Waals surface area contributed by atoms with Crippen LogP contribution in [0.15, 0.2) is 84.9 Å². The number of anilines is 6. The highest BCUT2D eigenvalue weighted by Crippen LogP contribution is 2.60. The number of para-hydroxylation sites is 2. The van der Waals surface area contributed by atoms with Gasteiger partial charge >= 0.3 is 0 Å². The van der Waals surface area contributed by atoms with Crippen LogP contribution in [0.25, 0.3) is 0 Å². The predicted octanol–water partition coefficient (Wildman–Crippen LogP) is 7.82. The third-order valence-corrected chi connectivity index (χ3v) is 11.5. The fraction of sp³-hybridized carbons (Fsp3) is 0.231. The first-order chi connectivity index (χ1) is 20.2. The molecular weight excluding hydrogens is 507 g/mol. The van der Waals surface area contributed by atoms with E-state index < -0.39 is 0 Å². The van der Waals surface area contributed by atoms with E-state index in [0.29, 0.717) is 5.92 Å². The van der Waals surface area contributed by atoms with E-state index in [9.17, 15) is 0 Å². The van der Waals surface area contributed by atoms with Crippen LogP contribution in [0.5, 0.6) is 0 Å². The molecule has 0 amide bonds. The summed E-state index contributed by atoms with van der Waals surface area (Å²) in [6.07, 6.45) is 0. The zero-order valence-electron chi connectivity index (χ0n) is 25.1. The summed E-state index contributed by atoms with van der Waals surface area (Å²) in [6, 6.07) is 33.0. The Morgan fingerprint density at radius 3 is 1.81 bits per heavy atom. The van der Waals surface area contributed by atoms with Crippen LogP contribution < -0.4 is 26.2 Å². The van der Waals surface area contributed by atoms with Crippen molar-refractivity contribution in [3.63, 3.8) is 0 Å². The van der Waals surface area contributed by atoms with Crippen LogP contribution in [0, 0.1) is 6.92 Å². The molecule has 0 fully saturated rings. The summed E-state index contributed by atoms with van der Waals surface area (Å²) < 4.78 is 0. The van der Waals surface area contributed by atoms with Gasteiger partial charge in [-0.15, -0.1) is 0 Å². The minimum atomic E-state index is -0.129. The number of hydrogen-bond donors (Lipinski definition) is 0. The summed E-state index contributed by atoms with van der Waals surface area (Å²) >= 11 is 0. The van der Waals surface area contributed by atoms with E-state index in [4.69, 9.17) is 0 Å². The van der Waals surface area contributed by atoms with Gasteiger partial charge in [-0.05, 0) is 87.0 Å². The monoisotopic (exact) mass is 540 g/mol. The summed E-state index contributed by atoms with van der Waals surface area (Å²) in [7, 11) is 0. The Morgan fingerprint density at radius 2 is 1.19 bits per heavy atom. The molecule has 42 heavy (non-hydrogen) atoms. The maximum Gasteiger partial charge on any atom is 0.252 e. The van der Waals surface area contributed by atoms with Crippen molar-refractivity contribution in [2.45, 2.75) is 58.3 Å². The molecule has 0 radical (unpaired) electrons. The van der Waals surface area contributed by atoms with E-state index in [1.165, 1.54) is 89.5 Å². The van der Waals surface area contributed by atoms with Crippen molar-refractivity contribution >= 4 is 57.2 Å². The number of fused-ring (bicyclic) bond motifs is 7. The Bertz CT molecular complexity index is 2070. The fourth-order valence-corrected chi connectivity index (χ4v) is 9.26. The van der Waals surface area contributed by atoms with Gasteiger partial charge in [-0.25, -0.2) is 0 Å². The molecule has 3 heteroatoms. The van der Waals surface area contributed by atoms with Crippen LogP contribution in [0.2, 0.25) is 0 Å². The topological polar surface area (TPSA) is 6.48 Å². The quantitative estimate of drug-likeness (QED) is 0.181. The van der Waals surface area contributed by atoms with E-state index in [0.717, 1.165) is 0 Å². The van der Waals surface area contributed by atoms with Crippen LogP contribution in [0.1, 0.15) is 79.5 Å². The lowest BCUT2D eigenvalue weighted by Gasteiger charge is -2.54. The van der Waals surface area contributed by atoms with Crippen molar-refractivity contribution in [2.24, 2.45) is 0 Å². The average Bonchev–Trinajstić information content (AvgIpc) is 2.99. The van der Waals surface area contributed by atoms with Gasteiger partial charge in [0, 0.05) is 39.5 Å². The lowest BCUT2D eigenvalue weighted by atomic mass is 9.31. The molecule has 202 valence electrons. The second kappa shape index (κ2) is 7.03. The standard InChI is InChI=1S/C39H33BN2/c1-21-15-16-32-29(17-21)40-34-24-18-23(22(24)2)19-33(34)42-31-14-10-8-12-26(31)39(5,6)28-20-27-36(35(40)37(28)42)41(32)30-13-9-7-11-25(30)38(27,3)4/h7-20,22H,1-6H3. The molecule has 2 nitrogen and oxygen atoms in total. The lowest BCUT2D eigenvalue weighted by molar-refractivity contribution is 0.608. The highest BCUT2D eigenvalue weighted by atomic mass is 15.2. The van der Waals surface area contributed by atoms with Gasteiger partial charge in [0.2, 0.25) is 0 Å². The third kappa shape index (κ3) is 2.38. The van der Waals surface area contributed by atoms with E-state index in [1.54, 1.807) is 0 Å². The predicted molar refractivity (Wildman–Crippen MR) is 177 cm³/mol. The average molecular weight is 541 g/mol. The number of aryl methyl sites for hydroxylation is 1. The van der Waals surface area contributed by atoms with Gasteiger partial charge < -0.3 is 9.80 Å². The molecule has 11 rings (SSSR count). The van der Waals surface area contributed by atoms with Gasteiger partial charge in [0.1, 0.15) is 0 Å². The SMILES string of the molecule is Cc1ccc2c(c1)B1c3c4cc(cc3N3c5ccccc5C(C)(C)c5cc6c(c1c53)N2c1ccccc1C6(C)C)C4C. The summed E-state index contributed by atoms with van der Waals surface area (Å²) in [5, 5.41) is 0. The Labute approximate surface area is 248 Å². The van der Waals surface area contributed by atoms with E-state index in [1.807, 2.05) is 0 Å². The summed E-state index contributed by atoms with van der Waals surface area (Å²) in [4.78, 5) is 5.28. The molecule has 0 spiro atoms. The molecule has 4 aliphatic heterocycles. The molecule has 4 heterocycles. The van der Waals surface area contributed by atoms with Crippen molar-refractivity contribution < 1.29 is 0 Å². The molecule has 2 bridgehead atoms. The zero-order chi connectivity index (χ0) is 28.4.